The first-order valence-corrected chi connectivity index (χ1v) is 5.84. The SMILES string of the molecule is CC(C)(C)c1cc(N)n(Cc2ccccc2)n1. The number of anilines is 1. The van der Waals surface area contributed by atoms with Crippen molar-refractivity contribution in [3.05, 3.63) is 47.7 Å². The van der Waals surface area contributed by atoms with Gasteiger partial charge in [-0.3, -0.25) is 0 Å². The molecule has 3 heteroatoms. The van der Waals surface area contributed by atoms with Crippen molar-refractivity contribution in [1.29, 1.82) is 0 Å². The normalized spacial score (nSPS) is 11.7. The number of nitrogen functional groups attached to an aromatic ring is 1. The van der Waals surface area contributed by atoms with Crippen LogP contribution in [0.5, 0.6) is 0 Å². The van der Waals surface area contributed by atoms with Gasteiger partial charge in [-0.2, -0.15) is 5.10 Å². The summed E-state index contributed by atoms with van der Waals surface area (Å²) >= 11 is 0. The van der Waals surface area contributed by atoms with Gasteiger partial charge in [-0.25, -0.2) is 4.68 Å². The van der Waals surface area contributed by atoms with Crippen molar-refractivity contribution in [2.75, 3.05) is 5.73 Å². The van der Waals surface area contributed by atoms with E-state index in [0.29, 0.717) is 0 Å². The van der Waals surface area contributed by atoms with E-state index in [1.165, 1.54) is 5.56 Å². The molecule has 0 saturated heterocycles. The lowest BCUT2D eigenvalue weighted by molar-refractivity contribution is 0.546. The van der Waals surface area contributed by atoms with E-state index in [1.54, 1.807) is 0 Å². The number of benzene rings is 1. The average Bonchev–Trinajstić information content (AvgIpc) is 2.62. The van der Waals surface area contributed by atoms with Gasteiger partial charge in [0.15, 0.2) is 0 Å². The highest BCUT2D eigenvalue weighted by molar-refractivity contribution is 5.34. The molecule has 3 nitrogen and oxygen atoms in total. The predicted octanol–water partition coefficient (Wildman–Crippen LogP) is 2.81. The number of aromatic nitrogens is 2. The van der Waals surface area contributed by atoms with Gasteiger partial charge < -0.3 is 5.73 Å². The maximum atomic E-state index is 5.99. The lowest BCUT2D eigenvalue weighted by Crippen LogP contribution is -2.13. The van der Waals surface area contributed by atoms with Crippen molar-refractivity contribution in [1.82, 2.24) is 9.78 Å². The Hall–Kier alpha value is -1.77. The van der Waals surface area contributed by atoms with E-state index in [-0.39, 0.29) is 5.41 Å². The molecule has 1 aromatic heterocycles. The van der Waals surface area contributed by atoms with Gasteiger partial charge >= 0.3 is 0 Å². The van der Waals surface area contributed by atoms with Crippen LogP contribution in [0.2, 0.25) is 0 Å². The fourth-order valence-corrected chi connectivity index (χ4v) is 1.68. The van der Waals surface area contributed by atoms with Gasteiger partial charge in [0.25, 0.3) is 0 Å². The van der Waals surface area contributed by atoms with Crippen LogP contribution in [0.25, 0.3) is 0 Å². The molecule has 0 fully saturated rings. The van der Waals surface area contributed by atoms with Crippen LogP contribution in [0.4, 0.5) is 5.82 Å². The molecule has 0 bridgehead atoms. The van der Waals surface area contributed by atoms with Crippen LogP contribution in [-0.4, -0.2) is 9.78 Å². The Morgan fingerprint density at radius 2 is 1.82 bits per heavy atom. The summed E-state index contributed by atoms with van der Waals surface area (Å²) in [6.45, 7) is 7.15. The van der Waals surface area contributed by atoms with Crippen LogP contribution in [0, 0.1) is 0 Å². The third kappa shape index (κ3) is 2.67. The molecule has 0 atom stereocenters. The molecule has 0 amide bonds. The molecule has 2 aromatic rings. The second-order valence-electron chi connectivity index (χ2n) is 5.35. The zero-order chi connectivity index (χ0) is 12.5. The molecule has 90 valence electrons. The monoisotopic (exact) mass is 229 g/mol. The van der Waals surface area contributed by atoms with Crippen molar-refractivity contribution in [2.24, 2.45) is 0 Å². The summed E-state index contributed by atoms with van der Waals surface area (Å²) in [7, 11) is 0. The maximum absolute atomic E-state index is 5.99. The summed E-state index contributed by atoms with van der Waals surface area (Å²) in [5, 5.41) is 4.57. The molecule has 0 saturated carbocycles. The standard InChI is InChI=1S/C14H19N3/c1-14(2,3)12-9-13(15)17(16-12)10-11-7-5-4-6-8-11/h4-9H,10,15H2,1-3H3. The lowest BCUT2D eigenvalue weighted by atomic mass is 9.92. The summed E-state index contributed by atoms with van der Waals surface area (Å²) in [4.78, 5) is 0. The van der Waals surface area contributed by atoms with E-state index in [9.17, 15) is 0 Å². The zero-order valence-corrected chi connectivity index (χ0v) is 10.6. The molecule has 0 unspecified atom stereocenters. The highest BCUT2D eigenvalue weighted by Crippen LogP contribution is 2.23. The Morgan fingerprint density at radius 3 is 2.35 bits per heavy atom. The highest BCUT2D eigenvalue weighted by atomic mass is 15.3. The molecular formula is C14H19N3. The van der Waals surface area contributed by atoms with E-state index in [4.69, 9.17) is 5.73 Å². The van der Waals surface area contributed by atoms with Crippen molar-refractivity contribution >= 4 is 5.82 Å². The molecule has 2 rings (SSSR count). The lowest BCUT2D eigenvalue weighted by Gasteiger charge is -2.14. The van der Waals surface area contributed by atoms with E-state index in [1.807, 2.05) is 28.9 Å². The summed E-state index contributed by atoms with van der Waals surface area (Å²) in [5.74, 6) is 0.721. The van der Waals surface area contributed by atoms with Crippen molar-refractivity contribution in [3.8, 4) is 0 Å². The molecule has 0 aliphatic rings. The highest BCUT2D eigenvalue weighted by Gasteiger charge is 2.18. The molecule has 2 N–H and O–H groups in total. The van der Waals surface area contributed by atoms with Gasteiger partial charge in [-0.15, -0.1) is 0 Å². The largest absolute Gasteiger partial charge is 0.384 e. The van der Waals surface area contributed by atoms with Gasteiger partial charge in [-0.1, -0.05) is 51.1 Å². The topological polar surface area (TPSA) is 43.8 Å². The van der Waals surface area contributed by atoms with Crippen LogP contribution < -0.4 is 5.73 Å². The van der Waals surface area contributed by atoms with Crippen molar-refractivity contribution < 1.29 is 0 Å². The predicted molar refractivity (Wildman–Crippen MR) is 70.9 cm³/mol. The van der Waals surface area contributed by atoms with E-state index in [0.717, 1.165) is 18.1 Å². The smallest absolute Gasteiger partial charge is 0.122 e. The molecule has 17 heavy (non-hydrogen) atoms. The summed E-state index contributed by atoms with van der Waals surface area (Å²) in [6.07, 6.45) is 0. The van der Waals surface area contributed by atoms with E-state index >= 15 is 0 Å². The Morgan fingerprint density at radius 1 is 1.18 bits per heavy atom. The molecule has 0 spiro atoms. The Kier molecular flexibility index (Phi) is 2.92. The maximum Gasteiger partial charge on any atom is 0.122 e. The molecule has 1 aromatic carbocycles. The van der Waals surface area contributed by atoms with Gasteiger partial charge in [-0.05, 0) is 5.56 Å². The summed E-state index contributed by atoms with van der Waals surface area (Å²) in [5.41, 5.74) is 8.27. The number of nitrogens with two attached hydrogens (primary N) is 1. The fourth-order valence-electron chi connectivity index (χ4n) is 1.68. The molecule has 0 aliphatic carbocycles. The summed E-state index contributed by atoms with van der Waals surface area (Å²) in [6, 6.07) is 12.2. The van der Waals surface area contributed by atoms with Gasteiger partial charge in [0.2, 0.25) is 0 Å². The van der Waals surface area contributed by atoms with Gasteiger partial charge in [0.05, 0.1) is 12.2 Å². The van der Waals surface area contributed by atoms with Crippen LogP contribution >= 0.6 is 0 Å². The third-order valence-corrected chi connectivity index (χ3v) is 2.75. The van der Waals surface area contributed by atoms with E-state index in [2.05, 4.69) is 38.0 Å². The quantitative estimate of drug-likeness (QED) is 0.860. The Labute approximate surface area is 102 Å². The summed E-state index contributed by atoms with van der Waals surface area (Å²) < 4.78 is 1.86. The first-order valence-electron chi connectivity index (χ1n) is 5.84. The van der Waals surface area contributed by atoms with Gasteiger partial charge in [0, 0.05) is 11.5 Å². The fraction of sp³-hybridized carbons (Fsp3) is 0.357. The molecular weight excluding hydrogens is 210 g/mol. The average molecular weight is 229 g/mol. The Bertz CT molecular complexity index is 492. The molecule has 0 aliphatic heterocycles. The van der Waals surface area contributed by atoms with Gasteiger partial charge in [0.1, 0.15) is 5.82 Å². The second-order valence-corrected chi connectivity index (χ2v) is 5.35. The number of hydrogen-bond donors (Lipinski definition) is 1. The van der Waals surface area contributed by atoms with Crippen LogP contribution in [0.15, 0.2) is 36.4 Å². The van der Waals surface area contributed by atoms with Crippen LogP contribution in [-0.2, 0) is 12.0 Å². The number of rotatable bonds is 2. The minimum Gasteiger partial charge on any atom is -0.384 e. The first-order chi connectivity index (χ1) is 7.97. The van der Waals surface area contributed by atoms with E-state index < -0.39 is 0 Å². The Balaban J connectivity index is 2.26. The van der Waals surface area contributed by atoms with Crippen LogP contribution in [0.3, 0.4) is 0 Å². The minimum atomic E-state index is 0.0378. The van der Waals surface area contributed by atoms with Crippen molar-refractivity contribution in [3.63, 3.8) is 0 Å². The second kappa shape index (κ2) is 4.24. The first kappa shape index (κ1) is 11.7. The van der Waals surface area contributed by atoms with Crippen molar-refractivity contribution in [2.45, 2.75) is 32.7 Å². The molecule has 0 radical (unpaired) electrons. The zero-order valence-electron chi connectivity index (χ0n) is 10.6. The van der Waals surface area contributed by atoms with Crippen LogP contribution in [0.1, 0.15) is 32.0 Å². The third-order valence-electron chi connectivity index (χ3n) is 2.75. The minimum absolute atomic E-state index is 0.0378. The number of nitrogens with zero attached hydrogens (tertiary/aromatic N) is 2. The number of hydrogen-bond acceptors (Lipinski definition) is 2. The molecule has 1 heterocycles.